The average Bonchev–Trinajstić information content (AvgIpc) is 3.21. The number of hydrogen-bond donors (Lipinski definition) is 1. The smallest absolute Gasteiger partial charge is 0.194 e. The summed E-state index contributed by atoms with van der Waals surface area (Å²) in [7, 11) is 1.80. The van der Waals surface area contributed by atoms with E-state index in [4.69, 9.17) is 9.05 Å². The molecule has 0 spiro atoms. The maximum Gasteiger partial charge on any atom is 0.194 e. The fourth-order valence-corrected chi connectivity index (χ4v) is 2.67. The van der Waals surface area contributed by atoms with Gasteiger partial charge in [0.2, 0.25) is 0 Å². The van der Waals surface area contributed by atoms with E-state index < -0.39 is 0 Å². The van der Waals surface area contributed by atoms with E-state index >= 15 is 0 Å². The number of hydrogen-bond acceptors (Lipinski definition) is 6. The van der Waals surface area contributed by atoms with Crippen LogP contribution in [0.1, 0.15) is 17.1 Å². The first-order chi connectivity index (χ1) is 11.2. The summed E-state index contributed by atoms with van der Waals surface area (Å²) in [6.45, 7) is 7.15. The Morgan fingerprint density at radius 3 is 2.62 bits per heavy atom. The van der Waals surface area contributed by atoms with Gasteiger partial charge in [-0.05, 0) is 6.92 Å². The second kappa shape index (κ2) is 9.02. The highest BCUT2D eigenvalue weighted by Gasteiger charge is 2.20. The Morgan fingerprint density at radius 1 is 1.25 bits per heavy atom. The molecule has 3 rings (SSSR count). The molecule has 0 saturated carbocycles. The summed E-state index contributed by atoms with van der Waals surface area (Å²) < 4.78 is 9.95. The number of rotatable bonds is 4. The second-order valence-corrected chi connectivity index (χ2v) is 5.58. The molecule has 1 aliphatic heterocycles. The van der Waals surface area contributed by atoms with Crippen LogP contribution >= 0.6 is 24.0 Å². The summed E-state index contributed by atoms with van der Waals surface area (Å²) in [5.41, 5.74) is 1.86. The Kier molecular flexibility index (Phi) is 7.03. The predicted molar refractivity (Wildman–Crippen MR) is 100 cm³/mol. The fourth-order valence-electron chi connectivity index (χ4n) is 2.67. The first-order valence-electron chi connectivity index (χ1n) is 7.74. The van der Waals surface area contributed by atoms with Crippen molar-refractivity contribution in [2.75, 3.05) is 33.2 Å². The summed E-state index contributed by atoms with van der Waals surface area (Å²) in [6.07, 6.45) is 1.57. The van der Waals surface area contributed by atoms with Crippen molar-refractivity contribution in [1.29, 1.82) is 0 Å². The van der Waals surface area contributed by atoms with E-state index in [1.54, 1.807) is 13.3 Å². The third-order valence-corrected chi connectivity index (χ3v) is 3.86. The van der Waals surface area contributed by atoms with Crippen LogP contribution in [0, 0.1) is 6.92 Å². The summed E-state index contributed by atoms with van der Waals surface area (Å²) in [5, 5.41) is 11.3. The highest BCUT2D eigenvalue weighted by atomic mass is 127. The van der Waals surface area contributed by atoms with E-state index in [9.17, 15) is 0 Å². The number of guanidine groups is 1. The first kappa shape index (κ1) is 18.7. The standard InChI is InChI=1S/C15H22N6O2.HI/c1-12-9-14(19-23-12)11-20-4-6-21(7-5-20)15(16-2)17-10-13-3-8-22-18-13;/h3,8-9H,4-7,10-11H2,1-2H3,(H,16,17);1H. The number of aliphatic imine (C=N–C) groups is 1. The molecule has 132 valence electrons. The normalized spacial score (nSPS) is 16.1. The molecule has 0 amide bonds. The summed E-state index contributed by atoms with van der Waals surface area (Å²) in [6, 6.07) is 3.84. The van der Waals surface area contributed by atoms with Crippen molar-refractivity contribution in [2.45, 2.75) is 20.0 Å². The number of aromatic nitrogens is 2. The topological polar surface area (TPSA) is 82.9 Å². The first-order valence-corrected chi connectivity index (χ1v) is 7.74. The summed E-state index contributed by atoms with van der Waals surface area (Å²) >= 11 is 0. The molecule has 0 atom stereocenters. The minimum absolute atomic E-state index is 0. The molecule has 1 aliphatic rings. The molecule has 0 radical (unpaired) electrons. The zero-order chi connectivity index (χ0) is 16.1. The Labute approximate surface area is 158 Å². The van der Waals surface area contributed by atoms with Gasteiger partial charge in [-0.25, -0.2) is 0 Å². The van der Waals surface area contributed by atoms with Gasteiger partial charge in [-0.15, -0.1) is 24.0 Å². The molecule has 2 aromatic rings. The molecular weight excluding hydrogens is 423 g/mol. The Hall–Kier alpha value is -1.62. The van der Waals surface area contributed by atoms with E-state index in [-0.39, 0.29) is 24.0 Å². The van der Waals surface area contributed by atoms with Crippen LogP contribution in [-0.4, -0.2) is 59.3 Å². The number of piperazine rings is 1. The number of nitrogens with one attached hydrogen (secondary N) is 1. The molecule has 24 heavy (non-hydrogen) atoms. The van der Waals surface area contributed by atoms with E-state index in [2.05, 4.69) is 30.4 Å². The second-order valence-electron chi connectivity index (χ2n) is 5.58. The molecule has 0 unspecified atom stereocenters. The van der Waals surface area contributed by atoms with Crippen molar-refractivity contribution in [3.05, 3.63) is 35.5 Å². The molecule has 0 aliphatic carbocycles. The molecule has 3 heterocycles. The zero-order valence-electron chi connectivity index (χ0n) is 13.9. The van der Waals surface area contributed by atoms with Crippen molar-refractivity contribution in [1.82, 2.24) is 25.4 Å². The lowest BCUT2D eigenvalue weighted by Crippen LogP contribution is -2.52. The third kappa shape index (κ3) is 4.94. The molecule has 8 nitrogen and oxygen atoms in total. The summed E-state index contributed by atoms with van der Waals surface area (Å²) in [5.74, 6) is 1.75. The predicted octanol–water partition coefficient (Wildman–Crippen LogP) is 1.48. The zero-order valence-corrected chi connectivity index (χ0v) is 16.3. The summed E-state index contributed by atoms with van der Waals surface area (Å²) in [4.78, 5) is 8.98. The largest absolute Gasteiger partial charge is 0.364 e. The van der Waals surface area contributed by atoms with Crippen LogP contribution in [-0.2, 0) is 13.1 Å². The molecule has 1 fully saturated rings. The van der Waals surface area contributed by atoms with E-state index in [0.29, 0.717) is 6.54 Å². The van der Waals surface area contributed by atoms with Gasteiger partial charge in [0, 0.05) is 51.9 Å². The highest BCUT2D eigenvalue weighted by molar-refractivity contribution is 14.0. The Bertz CT molecular complexity index is 634. The van der Waals surface area contributed by atoms with Crippen LogP contribution in [0.3, 0.4) is 0 Å². The van der Waals surface area contributed by atoms with Crippen molar-refractivity contribution in [3.8, 4) is 0 Å². The highest BCUT2D eigenvalue weighted by Crippen LogP contribution is 2.09. The molecule has 1 N–H and O–H groups in total. The van der Waals surface area contributed by atoms with Gasteiger partial charge in [0.05, 0.1) is 12.2 Å². The lowest BCUT2D eigenvalue weighted by molar-refractivity contribution is 0.169. The van der Waals surface area contributed by atoms with Crippen LogP contribution < -0.4 is 5.32 Å². The SMILES string of the molecule is CN=C(NCc1ccon1)N1CCN(Cc2cc(C)on2)CC1.I. The van der Waals surface area contributed by atoms with Crippen molar-refractivity contribution < 1.29 is 9.05 Å². The average molecular weight is 446 g/mol. The minimum Gasteiger partial charge on any atom is -0.364 e. The molecule has 1 saturated heterocycles. The van der Waals surface area contributed by atoms with E-state index in [0.717, 1.165) is 55.8 Å². The van der Waals surface area contributed by atoms with Gasteiger partial charge in [-0.1, -0.05) is 10.3 Å². The number of nitrogens with zero attached hydrogens (tertiary/aromatic N) is 5. The molecule has 2 aromatic heterocycles. The van der Waals surface area contributed by atoms with Crippen molar-refractivity contribution in [3.63, 3.8) is 0 Å². The van der Waals surface area contributed by atoms with Crippen LogP contribution in [0.15, 0.2) is 32.4 Å². The Balaban J connectivity index is 0.00000208. The van der Waals surface area contributed by atoms with Gasteiger partial charge in [-0.3, -0.25) is 9.89 Å². The van der Waals surface area contributed by atoms with Gasteiger partial charge in [0.25, 0.3) is 0 Å². The maximum atomic E-state index is 5.12. The van der Waals surface area contributed by atoms with Crippen molar-refractivity contribution in [2.24, 2.45) is 4.99 Å². The van der Waals surface area contributed by atoms with E-state index in [1.165, 1.54) is 0 Å². The lowest BCUT2D eigenvalue weighted by atomic mass is 10.3. The van der Waals surface area contributed by atoms with Crippen LogP contribution in [0.5, 0.6) is 0 Å². The monoisotopic (exact) mass is 446 g/mol. The van der Waals surface area contributed by atoms with Gasteiger partial charge < -0.3 is 19.3 Å². The fraction of sp³-hybridized carbons (Fsp3) is 0.533. The molecule has 0 aromatic carbocycles. The molecule has 9 heteroatoms. The Morgan fingerprint density at radius 2 is 2.04 bits per heavy atom. The van der Waals surface area contributed by atoms with Crippen LogP contribution in [0.25, 0.3) is 0 Å². The quantitative estimate of drug-likeness (QED) is 0.433. The van der Waals surface area contributed by atoms with Gasteiger partial charge in [0.1, 0.15) is 17.7 Å². The lowest BCUT2D eigenvalue weighted by Gasteiger charge is -2.36. The molecular formula is C15H23IN6O2. The van der Waals surface area contributed by atoms with Gasteiger partial charge in [0.15, 0.2) is 5.96 Å². The van der Waals surface area contributed by atoms with Crippen LogP contribution in [0.4, 0.5) is 0 Å². The van der Waals surface area contributed by atoms with Crippen LogP contribution in [0.2, 0.25) is 0 Å². The molecule has 0 bridgehead atoms. The maximum absolute atomic E-state index is 5.12. The number of halogens is 1. The van der Waals surface area contributed by atoms with Crippen molar-refractivity contribution >= 4 is 29.9 Å². The van der Waals surface area contributed by atoms with E-state index in [1.807, 2.05) is 19.1 Å². The van der Waals surface area contributed by atoms with Gasteiger partial charge in [-0.2, -0.15) is 0 Å². The van der Waals surface area contributed by atoms with Gasteiger partial charge >= 0.3 is 0 Å². The third-order valence-electron chi connectivity index (χ3n) is 3.86. The number of aryl methyl sites for hydroxylation is 1. The minimum atomic E-state index is 0.